The molecule has 5 aromatic rings. The zero-order chi connectivity index (χ0) is 22.8. The summed E-state index contributed by atoms with van der Waals surface area (Å²) in [5.74, 6) is -0.209. The molecule has 2 heterocycles. The number of pyridine rings is 1. The molecule has 6 heteroatoms. The summed E-state index contributed by atoms with van der Waals surface area (Å²) in [4.78, 5) is 22.7. The van der Waals surface area contributed by atoms with Gasteiger partial charge in [0.2, 0.25) is 0 Å². The number of hydrogen-bond donors (Lipinski definition) is 2. The predicted molar refractivity (Wildman–Crippen MR) is 134 cm³/mol. The number of aromatic amines is 1. The molecule has 3 aromatic carbocycles. The van der Waals surface area contributed by atoms with Gasteiger partial charge in [-0.3, -0.25) is 9.78 Å². The van der Waals surface area contributed by atoms with Gasteiger partial charge in [-0.15, -0.1) is 0 Å². The van der Waals surface area contributed by atoms with Crippen molar-refractivity contribution < 1.29 is 4.79 Å². The molecule has 5 rings (SSSR count). The number of para-hydroxylation sites is 1. The molecule has 0 radical (unpaired) electrons. The highest BCUT2D eigenvalue weighted by atomic mass is 35.5. The van der Waals surface area contributed by atoms with Crippen LogP contribution in [0.15, 0.2) is 97.3 Å². The van der Waals surface area contributed by atoms with E-state index in [1.807, 2.05) is 72.8 Å². The van der Waals surface area contributed by atoms with Gasteiger partial charge in [-0.2, -0.15) is 0 Å². The number of rotatable bonds is 5. The number of nitrogens with one attached hydrogen (secondary N) is 1. The topological polar surface area (TPSA) is 75.0 Å². The lowest BCUT2D eigenvalue weighted by atomic mass is 10.0. The van der Waals surface area contributed by atoms with Crippen molar-refractivity contribution in [2.24, 2.45) is 0 Å². The van der Waals surface area contributed by atoms with E-state index in [9.17, 15) is 4.79 Å². The maximum Gasteiger partial charge on any atom is 0.276 e. The van der Waals surface area contributed by atoms with Gasteiger partial charge in [0.25, 0.3) is 5.91 Å². The molecule has 3 N–H and O–H groups in total. The van der Waals surface area contributed by atoms with Crippen LogP contribution in [0.25, 0.3) is 22.0 Å². The van der Waals surface area contributed by atoms with Gasteiger partial charge in [-0.05, 0) is 59.2 Å². The van der Waals surface area contributed by atoms with E-state index in [2.05, 4.69) is 9.97 Å². The van der Waals surface area contributed by atoms with Crippen LogP contribution in [-0.4, -0.2) is 15.9 Å². The SMILES string of the molecule is Nc1ccc(N(Cc2ccc(-c3ccncc3)cc2)C(=O)c2[nH]c3ccccc3c2Cl)cc1. The van der Waals surface area contributed by atoms with Crippen LogP contribution >= 0.6 is 11.6 Å². The molecule has 33 heavy (non-hydrogen) atoms. The Bertz CT molecular complexity index is 1410. The highest BCUT2D eigenvalue weighted by Crippen LogP contribution is 2.30. The van der Waals surface area contributed by atoms with Crippen LogP contribution in [0, 0.1) is 0 Å². The summed E-state index contributed by atoms with van der Waals surface area (Å²) in [5, 5.41) is 1.24. The fraction of sp³-hybridized carbons (Fsp3) is 0.0370. The molecule has 0 spiro atoms. The number of hydrogen-bond acceptors (Lipinski definition) is 3. The van der Waals surface area contributed by atoms with Crippen molar-refractivity contribution in [3.63, 3.8) is 0 Å². The van der Waals surface area contributed by atoms with Crippen LogP contribution < -0.4 is 10.6 Å². The van der Waals surface area contributed by atoms with E-state index in [1.165, 1.54) is 0 Å². The van der Waals surface area contributed by atoms with Crippen molar-refractivity contribution in [1.29, 1.82) is 0 Å². The zero-order valence-corrected chi connectivity index (χ0v) is 18.5. The Morgan fingerprint density at radius 3 is 2.24 bits per heavy atom. The molecule has 0 saturated carbocycles. The van der Waals surface area contributed by atoms with E-state index in [4.69, 9.17) is 17.3 Å². The second-order valence-corrected chi connectivity index (χ2v) is 8.15. The smallest absolute Gasteiger partial charge is 0.276 e. The number of nitrogen functional groups attached to an aromatic ring is 1. The van der Waals surface area contributed by atoms with Crippen LogP contribution in [0.3, 0.4) is 0 Å². The minimum atomic E-state index is -0.209. The highest BCUT2D eigenvalue weighted by Gasteiger charge is 2.24. The van der Waals surface area contributed by atoms with Crippen molar-refractivity contribution in [1.82, 2.24) is 9.97 Å². The first-order valence-electron chi connectivity index (χ1n) is 10.5. The van der Waals surface area contributed by atoms with Crippen LogP contribution in [0.5, 0.6) is 0 Å². The number of amides is 1. The molecule has 0 fully saturated rings. The summed E-state index contributed by atoms with van der Waals surface area (Å²) in [6, 6.07) is 27.0. The second kappa shape index (κ2) is 8.81. The summed E-state index contributed by atoms with van der Waals surface area (Å²) in [6.07, 6.45) is 3.55. The van der Waals surface area contributed by atoms with Crippen molar-refractivity contribution in [3.05, 3.63) is 114 Å². The number of carbonyl (C=O) groups excluding carboxylic acids is 1. The Morgan fingerprint density at radius 1 is 0.879 bits per heavy atom. The lowest BCUT2D eigenvalue weighted by Crippen LogP contribution is -2.31. The van der Waals surface area contributed by atoms with Gasteiger partial charge in [0.05, 0.1) is 11.6 Å². The number of aromatic nitrogens is 2. The van der Waals surface area contributed by atoms with Crippen molar-refractivity contribution in [3.8, 4) is 11.1 Å². The summed E-state index contributed by atoms with van der Waals surface area (Å²) >= 11 is 6.60. The number of fused-ring (bicyclic) bond motifs is 1. The van der Waals surface area contributed by atoms with E-state index in [1.54, 1.807) is 29.4 Å². The van der Waals surface area contributed by atoms with Gasteiger partial charge in [-0.1, -0.05) is 54.1 Å². The highest BCUT2D eigenvalue weighted by molar-refractivity contribution is 6.39. The van der Waals surface area contributed by atoms with Gasteiger partial charge in [0, 0.05) is 34.7 Å². The average molecular weight is 453 g/mol. The molecule has 0 aliphatic rings. The lowest BCUT2D eigenvalue weighted by Gasteiger charge is -2.23. The Labute approximate surface area is 196 Å². The van der Waals surface area contributed by atoms with Gasteiger partial charge in [-0.25, -0.2) is 0 Å². The monoisotopic (exact) mass is 452 g/mol. The Hall–Kier alpha value is -4.09. The molecule has 0 atom stereocenters. The third kappa shape index (κ3) is 4.19. The van der Waals surface area contributed by atoms with Gasteiger partial charge in [0.1, 0.15) is 5.69 Å². The van der Waals surface area contributed by atoms with E-state index < -0.39 is 0 Å². The number of nitrogens with zero attached hydrogens (tertiary/aromatic N) is 2. The molecule has 1 amide bonds. The largest absolute Gasteiger partial charge is 0.399 e. The van der Waals surface area contributed by atoms with E-state index in [-0.39, 0.29) is 5.91 Å². The third-order valence-electron chi connectivity index (χ3n) is 5.61. The fourth-order valence-corrected chi connectivity index (χ4v) is 4.15. The maximum absolute atomic E-state index is 13.7. The van der Waals surface area contributed by atoms with Gasteiger partial charge in [0.15, 0.2) is 0 Å². The standard InChI is InChI=1S/C27H21ClN4O/c28-25-23-3-1-2-4-24(23)31-26(25)27(33)32(22-11-9-21(29)10-12-22)17-18-5-7-19(8-6-18)20-13-15-30-16-14-20/h1-16,31H,17,29H2. The number of carbonyl (C=O) groups is 1. The molecule has 2 aromatic heterocycles. The first kappa shape index (κ1) is 20.8. The number of anilines is 2. The minimum Gasteiger partial charge on any atom is -0.399 e. The molecule has 0 bridgehead atoms. The lowest BCUT2D eigenvalue weighted by molar-refractivity contribution is 0.0981. The van der Waals surface area contributed by atoms with Crippen LogP contribution in [-0.2, 0) is 6.54 Å². The second-order valence-electron chi connectivity index (χ2n) is 7.78. The summed E-state index contributed by atoms with van der Waals surface area (Å²) < 4.78 is 0. The number of halogens is 1. The van der Waals surface area contributed by atoms with Crippen molar-refractivity contribution >= 4 is 39.8 Å². The predicted octanol–water partition coefficient (Wildman–Crippen LogP) is 6.31. The van der Waals surface area contributed by atoms with E-state index >= 15 is 0 Å². The quantitative estimate of drug-likeness (QED) is 0.307. The van der Waals surface area contributed by atoms with Crippen LogP contribution in [0.1, 0.15) is 16.1 Å². The normalized spacial score (nSPS) is 10.9. The van der Waals surface area contributed by atoms with Crippen molar-refractivity contribution in [2.75, 3.05) is 10.6 Å². The molecular weight excluding hydrogens is 432 g/mol. The van der Waals surface area contributed by atoms with Gasteiger partial charge >= 0.3 is 0 Å². The Morgan fingerprint density at radius 2 is 1.55 bits per heavy atom. The Kier molecular flexibility index (Phi) is 5.55. The first-order valence-corrected chi connectivity index (χ1v) is 10.9. The molecule has 0 aliphatic carbocycles. The molecule has 5 nitrogen and oxygen atoms in total. The molecule has 0 unspecified atom stereocenters. The molecule has 0 aliphatic heterocycles. The fourth-order valence-electron chi connectivity index (χ4n) is 3.85. The Balaban J connectivity index is 1.50. The summed E-state index contributed by atoms with van der Waals surface area (Å²) in [7, 11) is 0. The van der Waals surface area contributed by atoms with Crippen LogP contribution in [0.4, 0.5) is 11.4 Å². The number of benzene rings is 3. The maximum atomic E-state index is 13.7. The first-order chi connectivity index (χ1) is 16.1. The minimum absolute atomic E-state index is 0.209. The zero-order valence-electron chi connectivity index (χ0n) is 17.7. The summed E-state index contributed by atoms with van der Waals surface area (Å²) in [6.45, 7) is 0.380. The molecular formula is C27H21ClN4O. The van der Waals surface area contributed by atoms with Gasteiger partial charge < -0.3 is 15.6 Å². The number of H-pyrrole nitrogens is 1. The van der Waals surface area contributed by atoms with Crippen molar-refractivity contribution in [2.45, 2.75) is 6.54 Å². The molecule has 0 saturated heterocycles. The van der Waals surface area contributed by atoms with E-state index in [0.717, 1.165) is 33.3 Å². The number of nitrogens with two attached hydrogens (primary N) is 1. The summed E-state index contributed by atoms with van der Waals surface area (Å²) in [5.41, 5.74) is 11.6. The van der Waals surface area contributed by atoms with E-state index in [0.29, 0.717) is 22.9 Å². The average Bonchev–Trinajstić information content (AvgIpc) is 3.20. The van der Waals surface area contributed by atoms with Crippen LogP contribution in [0.2, 0.25) is 5.02 Å². The third-order valence-corrected chi connectivity index (χ3v) is 6.01. The molecule has 162 valence electrons.